The minimum absolute atomic E-state index is 0.456. The fourth-order valence-electron chi connectivity index (χ4n) is 7.68. The summed E-state index contributed by atoms with van der Waals surface area (Å²) in [6, 6.07) is 18.8. The number of aliphatic hydroxyl groups is 2. The van der Waals surface area contributed by atoms with Crippen LogP contribution in [-0.4, -0.2) is 75.5 Å². The summed E-state index contributed by atoms with van der Waals surface area (Å²) in [6.07, 6.45) is 2.39. The first kappa shape index (κ1) is 32.8. The van der Waals surface area contributed by atoms with E-state index in [1.165, 1.54) is 5.69 Å². The summed E-state index contributed by atoms with van der Waals surface area (Å²) in [5.74, 6) is 0.873. The molecule has 1 saturated heterocycles. The third kappa shape index (κ3) is 6.50. The minimum atomic E-state index is -1.60. The molecular formula is C39H48N4O5. The van der Waals surface area contributed by atoms with Gasteiger partial charge < -0.3 is 29.0 Å². The molecule has 0 atom stereocenters. The molecule has 2 aliphatic rings. The molecule has 0 bridgehead atoms. The van der Waals surface area contributed by atoms with Gasteiger partial charge in [-0.05, 0) is 61.6 Å². The molecule has 1 fully saturated rings. The van der Waals surface area contributed by atoms with Crippen molar-refractivity contribution in [1.29, 1.82) is 0 Å². The lowest BCUT2D eigenvalue weighted by molar-refractivity contribution is -0.0488. The Morgan fingerprint density at radius 2 is 1.71 bits per heavy atom. The number of ether oxygens (including phenoxy) is 3. The van der Waals surface area contributed by atoms with E-state index in [0.29, 0.717) is 38.5 Å². The Balaban J connectivity index is 1.28. The molecule has 48 heavy (non-hydrogen) atoms. The number of aliphatic hydroxyl groups excluding tert-OH is 1. The predicted octanol–water partition coefficient (Wildman–Crippen LogP) is 6.17. The zero-order chi connectivity index (χ0) is 33.0. The lowest BCUT2D eigenvalue weighted by Gasteiger charge is -2.26. The highest BCUT2D eigenvalue weighted by atomic mass is 16.5. The van der Waals surface area contributed by atoms with E-state index in [1.54, 1.807) is 0 Å². The van der Waals surface area contributed by atoms with E-state index in [0.717, 1.165) is 120 Å². The molecule has 254 valence electrons. The normalized spacial score (nSPS) is 16.0. The van der Waals surface area contributed by atoms with Crippen LogP contribution in [0.15, 0.2) is 54.6 Å². The van der Waals surface area contributed by atoms with Crippen molar-refractivity contribution in [2.24, 2.45) is 0 Å². The maximum Gasteiger partial charge on any atom is 0.194 e. The van der Waals surface area contributed by atoms with Crippen molar-refractivity contribution in [2.75, 3.05) is 46.1 Å². The number of rotatable bonds is 10. The predicted molar refractivity (Wildman–Crippen MR) is 188 cm³/mol. The van der Waals surface area contributed by atoms with Gasteiger partial charge in [0.15, 0.2) is 6.29 Å². The summed E-state index contributed by atoms with van der Waals surface area (Å²) >= 11 is 0. The van der Waals surface area contributed by atoms with Crippen molar-refractivity contribution < 1.29 is 24.4 Å². The molecule has 0 unspecified atom stereocenters. The molecular weight excluding hydrogens is 604 g/mol. The Labute approximate surface area is 282 Å². The van der Waals surface area contributed by atoms with Crippen LogP contribution in [0.4, 0.5) is 0 Å². The zero-order valence-electron chi connectivity index (χ0n) is 28.3. The third-order valence-electron chi connectivity index (χ3n) is 10.0. The average molecular weight is 653 g/mol. The second kappa shape index (κ2) is 14.8. The average Bonchev–Trinajstić information content (AvgIpc) is 3.61. The molecule has 2 N–H and O–H groups in total. The second-order valence-electron chi connectivity index (χ2n) is 13.0. The number of hydrogen-bond donors (Lipinski definition) is 2. The van der Waals surface area contributed by atoms with Gasteiger partial charge in [-0.25, -0.2) is 0 Å². The number of nitrogens with zero attached hydrogens (tertiary/aromatic N) is 4. The topological polar surface area (TPSA) is 94.1 Å². The molecule has 9 heteroatoms. The SMILES string of the molecule is CCc1c2c(nn1CCN1CCOCC1)COCCCCn1c(C(O)O)c(CCCOc3cccc4ccccc34)c3ccc(C)c-2c31. The van der Waals surface area contributed by atoms with Crippen LogP contribution in [-0.2, 0) is 42.0 Å². The lowest BCUT2D eigenvalue weighted by Crippen LogP contribution is -2.38. The first-order chi connectivity index (χ1) is 23.5. The van der Waals surface area contributed by atoms with E-state index in [1.807, 2.05) is 24.3 Å². The van der Waals surface area contributed by atoms with Crippen LogP contribution in [0.3, 0.4) is 0 Å². The van der Waals surface area contributed by atoms with Crippen LogP contribution in [0.1, 0.15) is 60.7 Å². The number of aromatic nitrogens is 3. The van der Waals surface area contributed by atoms with Gasteiger partial charge in [0.25, 0.3) is 0 Å². The molecule has 4 heterocycles. The van der Waals surface area contributed by atoms with Crippen molar-refractivity contribution in [3.63, 3.8) is 0 Å². The zero-order valence-corrected chi connectivity index (χ0v) is 28.3. The summed E-state index contributed by atoms with van der Waals surface area (Å²) < 4.78 is 22.5. The Hall–Kier alpha value is -3.73. The highest BCUT2D eigenvalue weighted by Gasteiger charge is 2.29. The smallest absolute Gasteiger partial charge is 0.194 e. The summed E-state index contributed by atoms with van der Waals surface area (Å²) in [7, 11) is 0. The van der Waals surface area contributed by atoms with Gasteiger partial charge in [-0.1, -0.05) is 55.5 Å². The molecule has 0 amide bonds. The van der Waals surface area contributed by atoms with Gasteiger partial charge in [-0.3, -0.25) is 9.58 Å². The monoisotopic (exact) mass is 652 g/mol. The van der Waals surface area contributed by atoms with E-state index in [-0.39, 0.29) is 0 Å². The summed E-state index contributed by atoms with van der Waals surface area (Å²) in [4.78, 5) is 2.45. The lowest BCUT2D eigenvalue weighted by atomic mass is 9.93. The standard InChI is InChI=1S/C39H48N4O5/c1-3-33-36-32(40-43(33)19-18-41-20-24-46-25-21-41)26-47-22-7-6-17-42-37-31(16-15-27(2)35(36)37)30(38(42)39(44)45)13-9-23-48-34-14-8-11-28-10-4-5-12-29(28)34/h4-5,8,10-12,14-16,39,44-45H,3,6-7,9,13,17-26H2,1-2H3. The van der Waals surface area contributed by atoms with Crippen LogP contribution in [0.5, 0.6) is 5.75 Å². The molecule has 2 aromatic heterocycles. The van der Waals surface area contributed by atoms with Crippen LogP contribution in [0.25, 0.3) is 32.8 Å². The maximum absolute atomic E-state index is 10.9. The quantitative estimate of drug-likeness (QED) is 0.138. The van der Waals surface area contributed by atoms with Crippen molar-refractivity contribution in [3.8, 4) is 16.9 Å². The van der Waals surface area contributed by atoms with E-state index in [9.17, 15) is 10.2 Å². The first-order valence-corrected chi connectivity index (χ1v) is 17.6. The van der Waals surface area contributed by atoms with Crippen LogP contribution < -0.4 is 4.74 Å². The van der Waals surface area contributed by atoms with Crippen molar-refractivity contribution in [3.05, 3.63) is 82.8 Å². The summed E-state index contributed by atoms with van der Waals surface area (Å²) in [6.45, 7) is 11.8. The molecule has 0 radical (unpaired) electrons. The van der Waals surface area contributed by atoms with Crippen LogP contribution in [0.2, 0.25) is 0 Å². The van der Waals surface area contributed by atoms with E-state index < -0.39 is 6.29 Å². The van der Waals surface area contributed by atoms with Gasteiger partial charge in [0.2, 0.25) is 0 Å². The van der Waals surface area contributed by atoms with Crippen molar-refractivity contribution in [1.82, 2.24) is 19.2 Å². The maximum atomic E-state index is 10.9. The Bertz CT molecular complexity index is 1860. The van der Waals surface area contributed by atoms with E-state index >= 15 is 0 Å². The van der Waals surface area contributed by atoms with Gasteiger partial charge in [0.1, 0.15) is 5.75 Å². The third-order valence-corrected chi connectivity index (χ3v) is 10.0. The van der Waals surface area contributed by atoms with Crippen LogP contribution >= 0.6 is 0 Å². The largest absolute Gasteiger partial charge is 0.493 e. The second-order valence-corrected chi connectivity index (χ2v) is 13.0. The Kier molecular flexibility index (Phi) is 10.1. The van der Waals surface area contributed by atoms with Gasteiger partial charge in [-0.15, -0.1) is 0 Å². The first-order valence-electron chi connectivity index (χ1n) is 17.6. The van der Waals surface area contributed by atoms with Gasteiger partial charge in [-0.2, -0.15) is 5.10 Å². The molecule has 0 aliphatic carbocycles. The molecule has 3 aromatic carbocycles. The van der Waals surface area contributed by atoms with Crippen molar-refractivity contribution >= 4 is 21.7 Å². The molecule has 5 aromatic rings. The highest BCUT2D eigenvalue weighted by molar-refractivity contribution is 6.00. The van der Waals surface area contributed by atoms with Crippen LogP contribution in [0, 0.1) is 6.92 Å². The van der Waals surface area contributed by atoms with E-state index in [4.69, 9.17) is 19.3 Å². The van der Waals surface area contributed by atoms with Gasteiger partial charge in [0, 0.05) is 60.4 Å². The molecule has 7 rings (SSSR count). The number of benzene rings is 3. The summed E-state index contributed by atoms with van der Waals surface area (Å²) in [5.41, 5.74) is 8.19. The number of fused-ring (bicyclic) bond motifs is 3. The highest BCUT2D eigenvalue weighted by Crippen LogP contribution is 2.42. The Morgan fingerprint density at radius 1 is 0.875 bits per heavy atom. The van der Waals surface area contributed by atoms with E-state index in [2.05, 4.69) is 58.3 Å². The number of hydrogen-bond acceptors (Lipinski definition) is 7. The molecule has 9 nitrogen and oxygen atoms in total. The molecule has 0 saturated carbocycles. The molecule has 0 spiro atoms. The fourth-order valence-corrected chi connectivity index (χ4v) is 7.68. The van der Waals surface area contributed by atoms with Gasteiger partial charge in [0.05, 0.1) is 49.9 Å². The molecule has 2 aliphatic heterocycles. The fraction of sp³-hybridized carbons (Fsp3) is 0.462. The summed E-state index contributed by atoms with van der Waals surface area (Å²) in [5, 5.41) is 30.4. The van der Waals surface area contributed by atoms with Crippen molar-refractivity contribution in [2.45, 2.75) is 71.9 Å². The van der Waals surface area contributed by atoms with Gasteiger partial charge >= 0.3 is 0 Å². The minimum Gasteiger partial charge on any atom is -0.493 e. The number of aryl methyl sites for hydroxylation is 3. The number of morpholine rings is 1. The Morgan fingerprint density at radius 3 is 2.54 bits per heavy atom.